The molecule has 8 heteroatoms. The van der Waals surface area contributed by atoms with Gasteiger partial charge in [-0.15, -0.1) is 10.2 Å². The largest absolute Gasteiger partial charge is 0.372 e. The summed E-state index contributed by atoms with van der Waals surface area (Å²) in [6, 6.07) is 19.8. The maximum atomic E-state index is 12.3. The lowest BCUT2D eigenvalue weighted by Gasteiger charge is -2.22. The molecule has 0 aliphatic heterocycles. The van der Waals surface area contributed by atoms with Crippen molar-refractivity contribution >= 4 is 51.7 Å². The number of amides is 1. The first-order valence-corrected chi connectivity index (χ1v) is 12.4. The van der Waals surface area contributed by atoms with Crippen LogP contribution in [0.25, 0.3) is 22.8 Å². The van der Waals surface area contributed by atoms with Crippen LogP contribution in [-0.2, 0) is 4.79 Å². The smallest absolute Gasteiger partial charge is 0.250 e. The van der Waals surface area contributed by atoms with Crippen LogP contribution < -0.4 is 15.5 Å². The first kappa shape index (κ1) is 25.1. The highest BCUT2D eigenvalue weighted by molar-refractivity contribution is 7.80. The monoisotopic (exact) mass is 498 g/mol. The van der Waals surface area contributed by atoms with E-state index in [-0.39, 0.29) is 11.0 Å². The summed E-state index contributed by atoms with van der Waals surface area (Å²) in [5, 5.41) is 15.4. The molecular formula is C28H30N6OS. The standard InChI is InChI=1S/C28H30N6OS/c1-5-33(6-2)22-13-14-26(20(4)16-22)34-31-24-17-19(3)23(18-25(24)32-34)29-28(36)30-27(35)15-12-21-10-8-7-9-11-21/h7-18H,5-6H2,1-4H3,(H2,29,30,35,36)/b15-12+. The Balaban J connectivity index is 1.49. The van der Waals surface area contributed by atoms with Gasteiger partial charge >= 0.3 is 0 Å². The van der Waals surface area contributed by atoms with Crippen molar-refractivity contribution in [3.63, 3.8) is 0 Å². The summed E-state index contributed by atoms with van der Waals surface area (Å²) in [7, 11) is 0. The second-order valence-electron chi connectivity index (χ2n) is 8.48. The number of hydrogen-bond acceptors (Lipinski definition) is 5. The summed E-state index contributed by atoms with van der Waals surface area (Å²) in [6.45, 7) is 10.3. The highest BCUT2D eigenvalue weighted by Crippen LogP contribution is 2.25. The van der Waals surface area contributed by atoms with E-state index in [2.05, 4.69) is 54.5 Å². The van der Waals surface area contributed by atoms with Crippen LogP contribution in [0.4, 0.5) is 11.4 Å². The predicted octanol–water partition coefficient (Wildman–Crippen LogP) is 5.41. The van der Waals surface area contributed by atoms with Crippen molar-refractivity contribution in [1.29, 1.82) is 0 Å². The van der Waals surface area contributed by atoms with Crippen LogP contribution in [0.3, 0.4) is 0 Å². The van der Waals surface area contributed by atoms with Gasteiger partial charge in [0.25, 0.3) is 0 Å². The van der Waals surface area contributed by atoms with Crippen molar-refractivity contribution in [2.45, 2.75) is 27.7 Å². The highest BCUT2D eigenvalue weighted by atomic mass is 32.1. The molecule has 0 unspecified atom stereocenters. The van der Waals surface area contributed by atoms with Gasteiger partial charge < -0.3 is 10.2 Å². The number of aryl methyl sites for hydroxylation is 2. The zero-order valence-corrected chi connectivity index (χ0v) is 21.8. The van der Waals surface area contributed by atoms with E-state index in [0.717, 1.165) is 52.2 Å². The summed E-state index contributed by atoms with van der Waals surface area (Å²) in [4.78, 5) is 16.2. The average molecular weight is 499 g/mol. The van der Waals surface area contributed by atoms with Gasteiger partial charge in [-0.2, -0.15) is 4.80 Å². The van der Waals surface area contributed by atoms with E-state index in [0.29, 0.717) is 0 Å². The number of nitrogens with zero attached hydrogens (tertiary/aromatic N) is 4. The fraction of sp³-hybridized carbons (Fsp3) is 0.214. The topological polar surface area (TPSA) is 75.1 Å². The molecular weight excluding hydrogens is 468 g/mol. The normalized spacial score (nSPS) is 11.1. The second kappa shape index (κ2) is 11.1. The number of rotatable bonds is 7. The van der Waals surface area contributed by atoms with Gasteiger partial charge in [0, 0.05) is 30.5 Å². The van der Waals surface area contributed by atoms with Crippen LogP contribution in [0.2, 0.25) is 0 Å². The van der Waals surface area contributed by atoms with Crippen LogP contribution in [0, 0.1) is 13.8 Å². The minimum atomic E-state index is -0.301. The molecule has 0 radical (unpaired) electrons. The van der Waals surface area contributed by atoms with Gasteiger partial charge in [0.1, 0.15) is 11.0 Å². The van der Waals surface area contributed by atoms with Crippen molar-refractivity contribution in [3.8, 4) is 5.69 Å². The molecule has 7 nitrogen and oxygen atoms in total. The van der Waals surface area contributed by atoms with Gasteiger partial charge in [-0.1, -0.05) is 30.3 Å². The third kappa shape index (κ3) is 5.78. The predicted molar refractivity (Wildman–Crippen MR) is 152 cm³/mol. The maximum Gasteiger partial charge on any atom is 0.250 e. The molecule has 2 N–H and O–H groups in total. The van der Waals surface area contributed by atoms with Crippen LogP contribution in [0.15, 0.2) is 66.7 Å². The number of fused-ring (bicyclic) bond motifs is 1. The molecule has 0 atom stereocenters. The minimum absolute atomic E-state index is 0.218. The Morgan fingerprint density at radius 3 is 2.33 bits per heavy atom. The Hall–Kier alpha value is -4.04. The number of thiocarbonyl (C=S) groups is 1. The van der Waals surface area contributed by atoms with Crippen molar-refractivity contribution in [2.24, 2.45) is 0 Å². The number of anilines is 2. The van der Waals surface area contributed by atoms with Crippen molar-refractivity contribution in [1.82, 2.24) is 20.3 Å². The summed E-state index contributed by atoms with van der Waals surface area (Å²) in [5.74, 6) is -0.301. The molecule has 1 heterocycles. The van der Waals surface area contributed by atoms with E-state index in [1.54, 1.807) is 10.9 Å². The van der Waals surface area contributed by atoms with Gasteiger partial charge in [0.05, 0.1) is 5.69 Å². The SMILES string of the molecule is CCN(CC)c1ccc(-n2nc3cc(C)c(NC(=S)NC(=O)/C=C/c4ccccc4)cc3n2)c(C)c1. The van der Waals surface area contributed by atoms with Crippen LogP contribution in [0.1, 0.15) is 30.5 Å². The molecule has 0 aliphatic carbocycles. The summed E-state index contributed by atoms with van der Waals surface area (Å²) in [5.41, 5.74) is 7.38. The Morgan fingerprint density at radius 1 is 0.972 bits per heavy atom. The Bertz CT molecular complexity index is 1420. The third-order valence-corrected chi connectivity index (χ3v) is 6.17. The molecule has 36 heavy (non-hydrogen) atoms. The molecule has 4 rings (SSSR count). The second-order valence-corrected chi connectivity index (χ2v) is 8.88. The fourth-order valence-corrected chi connectivity index (χ4v) is 4.21. The fourth-order valence-electron chi connectivity index (χ4n) is 4.00. The van der Waals surface area contributed by atoms with Crippen molar-refractivity contribution < 1.29 is 4.79 Å². The number of nitrogens with one attached hydrogen (secondary N) is 2. The molecule has 0 spiro atoms. The molecule has 0 saturated heterocycles. The molecule has 1 amide bonds. The van der Waals surface area contributed by atoms with Gasteiger partial charge in [-0.05, 0) is 93.0 Å². The molecule has 0 saturated carbocycles. The maximum absolute atomic E-state index is 12.3. The lowest BCUT2D eigenvalue weighted by molar-refractivity contribution is -0.115. The van der Waals surface area contributed by atoms with Gasteiger partial charge in [0.2, 0.25) is 5.91 Å². The third-order valence-electron chi connectivity index (χ3n) is 5.96. The Labute approximate surface area is 216 Å². The molecule has 1 aromatic heterocycles. The highest BCUT2D eigenvalue weighted by Gasteiger charge is 2.12. The lowest BCUT2D eigenvalue weighted by atomic mass is 10.1. The number of benzene rings is 3. The summed E-state index contributed by atoms with van der Waals surface area (Å²) < 4.78 is 0. The van der Waals surface area contributed by atoms with Crippen LogP contribution in [-0.4, -0.2) is 39.1 Å². The van der Waals surface area contributed by atoms with E-state index < -0.39 is 0 Å². The Kier molecular flexibility index (Phi) is 7.75. The zero-order chi connectivity index (χ0) is 25.7. The van der Waals surface area contributed by atoms with E-state index >= 15 is 0 Å². The molecule has 0 bridgehead atoms. The summed E-state index contributed by atoms with van der Waals surface area (Å²) in [6.07, 6.45) is 3.20. The number of hydrogen-bond donors (Lipinski definition) is 2. The van der Waals surface area contributed by atoms with Gasteiger partial charge in [0.15, 0.2) is 5.11 Å². The van der Waals surface area contributed by atoms with Gasteiger partial charge in [-0.3, -0.25) is 10.1 Å². The number of carbonyl (C=O) groups excluding carboxylic acids is 1. The Morgan fingerprint density at radius 2 is 1.67 bits per heavy atom. The van der Waals surface area contributed by atoms with Crippen molar-refractivity contribution in [2.75, 3.05) is 23.3 Å². The van der Waals surface area contributed by atoms with E-state index in [4.69, 9.17) is 22.4 Å². The quantitative estimate of drug-likeness (QED) is 0.262. The zero-order valence-electron chi connectivity index (χ0n) is 20.9. The molecule has 4 aromatic rings. The van der Waals surface area contributed by atoms with Crippen LogP contribution >= 0.6 is 12.2 Å². The first-order chi connectivity index (χ1) is 17.4. The average Bonchev–Trinajstić information content (AvgIpc) is 3.26. The molecule has 0 fully saturated rings. The number of aromatic nitrogens is 3. The molecule has 184 valence electrons. The van der Waals surface area contributed by atoms with E-state index in [9.17, 15) is 4.79 Å². The minimum Gasteiger partial charge on any atom is -0.372 e. The van der Waals surface area contributed by atoms with E-state index in [1.165, 1.54) is 11.8 Å². The van der Waals surface area contributed by atoms with E-state index in [1.807, 2.05) is 49.4 Å². The van der Waals surface area contributed by atoms with Crippen molar-refractivity contribution in [3.05, 3.63) is 83.4 Å². The van der Waals surface area contributed by atoms with Gasteiger partial charge in [-0.25, -0.2) is 0 Å². The number of carbonyl (C=O) groups is 1. The first-order valence-electron chi connectivity index (χ1n) is 12.0. The van der Waals surface area contributed by atoms with Crippen LogP contribution in [0.5, 0.6) is 0 Å². The lowest BCUT2D eigenvalue weighted by Crippen LogP contribution is -2.33. The summed E-state index contributed by atoms with van der Waals surface area (Å²) >= 11 is 5.36. The molecule has 3 aromatic carbocycles. The molecule has 0 aliphatic rings.